The third-order valence-corrected chi connectivity index (χ3v) is 3.82. The average Bonchev–Trinajstić information content (AvgIpc) is 2.58. The standard InChI is InChI=1S/C10H11BrO3S/c1-6-7(4-9(11)15-6)10(12)8-5-13-2-3-14-8/h4,8H,2-3,5H2,1H3. The molecule has 0 saturated carbocycles. The molecule has 1 unspecified atom stereocenters. The Bertz CT molecular complexity index is 369. The minimum absolute atomic E-state index is 0.0224. The molecule has 2 heterocycles. The van der Waals surface area contributed by atoms with Gasteiger partial charge in [-0.05, 0) is 28.9 Å². The normalized spacial score (nSPS) is 21.6. The Kier molecular flexibility index (Phi) is 3.56. The van der Waals surface area contributed by atoms with Crippen LogP contribution in [0.25, 0.3) is 0 Å². The summed E-state index contributed by atoms with van der Waals surface area (Å²) in [6.45, 7) is 3.38. The summed E-state index contributed by atoms with van der Waals surface area (Å²) in [5, 5.41) is 0. The first kappa shape index (κ1) is 11.3. The van der Waals surface area contributed by atoms with Crippen molar-refractivity contribution in [1.82, 2.24) is 0 Å². The van der Waals surface area contributed by atoms with Crippen molar-refractivity contribution in [2.75, 3.05) is 19.8 Å². The first-order valence-electron chi connectivity index (χ1n) is 4.68. The molecule has 0 bridgehead atoms. The lowest BCUT2D eigenvalue weighted by atomic mass is 10.1. The van der Waals surface area contributed by atoms with Gasteiger partial charge in [0, 0.05) is 10.4 Å². The van der Waals surface area contributed by atoms with Crippen molar-refractivity contribution in [3.63, 3.8) is 0 Å². The Morgan fingerprint density at radius 3 is 2.93 bits per heavy atom. The van der Waals surface area contributed by atoms with E-state index in [0.717, 1.165) is 14.2 Å². The molecule has 0 aromatic carbocycles. The molecule has 2 rings (SSSR count). The molecule has 0 aliphatic carbocycles. The molecule has 0 spiro atoms. The summed E-state index contributed by atoms with van der Waals surface area (Å²) < 4.78 is 11.6. The highest BCUT2D eigenvalue weighted by atomic mass is 79.9. The maximum Gasteiger partial charge on any atom is 0.195 e. The van der Waals surface area contributed by atoms with E-state index in [2.05, 4.69) is 15.9 Å². The Hall–Kier alpha value is -0.230. The van der Waals surface area contributed by atoms with Gasteiger partial charge in [-0.2, -0.15) is 0 Å². The summed E-state index contributed by atoms with van der Waals surface area (Å²) in [7, 11) is 0. The molecular formula is C10H11BrO3S. The van der Waals surface area contributed by atoms with E-state index in [1.54, 1.807) is 11.3 Å². The fourth-order valence-electron chi connectivity index (χ4n) is 1.50. The molecule has 82 valence electrons. The molecule has 3 nitrogen and oxygen atoms in total. The van der Waals surface area contributed by atoms with E-state index in [1.807, 2.05) is 13.0 Å². The highest BCUT2D eigenvalue weighted by Crippen LogP contribution is 2.27. The molecule has 15 heavy (non-hydrogen) atoms. The first-order valence-corrected chi connectivity index (χ1v) is 6.29. The van der Waals surface area contributed by atoms with E-state index in [-0.39, 0.29) is 5.78 Å². The molecule has 1 saturated heterocycles. The second kappa shape index (κ2) is 4.74. The minimum atomic E-state index is -0.432. The molecule has 1 atom stereocenters. The Balaban J connectivity index is 2.16. The van der Waals surface area contributed by atoms with Gasteiger partial charge in [0.05, 0.1) is 23.6 Å². The van der Waals surface area contributed by atoms with Crippen molar-refractivity contribution in [2.24, 2.45) is 0 Å². The molecule has 1 aromatic rings. The number of carbonyl (C=O) groups is 1. The predicted octanol–water partition coefficient (Wildman–Crippen LogP) is 2.42. The maximum atomic E-state index is 12.0. The second-order valence-electron chi connectivity index (χ2n) is 3.32. The van der Waals surface area contributed by atoms with Crippen LogP contribution in [0, 0.1) is 6.92 Å². The van der Waals surface area contributed by atoms with Crippen molar-refractivity contribution in [2.45, 2.75) is 13.0 Å². The lowest BCUT2D eigenvalue weighted by Gasteiger charge is -2.21. The number of ketones is 1. The Labute approximate surface area is 101 Å². The van der Waals surface area contributed by atoms with Gasteiger partial charge in [-0.25, -0.2) is 0 Å². The molecule has 1 aliphatic heterocycles. The SMILES string of the molecule is Cc1sc(Br)cc1C(=O)C1COCCO1. The summed E-state index contributed by atoms with van der Waals surface area (Å²) in [6.07, 6.45) is -0.432. The van der Waals surface area contributed by atoms with Crippen LogP contribution in [-0.4, -0.2) is 31.7 Å². The van der Waals surface area contributed by atoms with Crippen LogP contribution < -0.4 is 0 Å². The van der Waals surface area contributed by atoms with E-state index < -0.39 is 6.10 Å². The number of thiophene rings is 1. The third kappa shape index (κ3) is 2.47. The van der Waals surface area contributed by atoms with Gasteiger partial charge < -0.3 is 9.47 Å². The van der Waals surface area contributed by atoms with Crippen molar-refractivity contribution < 1.29 is 14.3 Å². The predicted molar refractivity (Wildman–Crippen MR) is 61.6 cm³/mol. The van der Waals surface area contributed by atoms with Gasteiger partial charge in [0.2, 0.25) is 0 Å². The van der Waals surface area contributed by atoms with Gasteiger partial charge in [0.25, 0.3) is 0 Å². The van der Waals surface area contributed by atoms with E-state index in [9.17, 15) is 4.79 Å². The monoisotopic (exact) mass is 290 g/mol. The lowest BCUT2D eigenvalue weighted by Crippen LogP contribution is -2.35. The topological polar surface area (TPSA) is 35.5 Å². The van der Waals surface area contributed by atoms with E-state index in [4.69, 9.17) is 9.47 Å². The van der Waals surface area contributed by atoms with E-state index >= 15 is 0 Å². The molecule has 1 aromatic heterocycles. The maximum absolute atomic E-state index is 12.0. The highest BCUT2D eigenvalue weighted by molar-refractivity contribution is 9.11. The van der Waals surface area contributed by atoms with Gasteiger partial charge in [-0.1, -0.05) is 0 Å². The van der Waals surface area contributed by atoms with Crippen LogP contribution in [-0.2, 0) is 9.47 Å². The number of hydrogen-bond donors (Lipinski definition) is 0. The highest BCUT2D eigenvalue weighted by Gasteiger charge is 2.26. The Morgan fingerprint density at radius 2 is 2.40 bits per heavy atom. The summed E-state index contributed by atoms with van der Waals surface area (Å²) in [5.41, 5.74) is 0.738. The number of ether oxygens (including phenoxy) is 2. The van der Waals surface area contributed by atoms with Crippen LogP contribution in [0.1, 0.15) is 15.2 Å². The average molecular weight is 291 g/mol. The number of hydrogen-bond acceptors (Lipinski definition) is 4. The first-order chi connectivity index (χ1) is 7.18. The molecule has 0 N–H and O–H groups in total. The smallest absolute Gasteiger partial charge is 0.195 e. The summed E-state index contributed by atoms with van der Waals surface area (Å²) in [6, 6.07) is 1.85. The zero-order valence-electron chi connectivity index (χ0n) is 8.29. The van der Waals surface area contributed by atoms with Gasteiger partial charge in [0.15, 0.2) is 5.78 Å². The molecule has 1 aliphatic rings. The fourth-order valence-corrected chi connectivity index (χ4v) is 3.20. The van der Waals surface area contributed by atoms with Crippen LogP contribution in [0.2, 0.25) is 0 Å². The minimum Gasteiger partial charge on any atom is -0.376 e. The zero-order chi connectivity index (χ0) is 10.8. The Morgan fingerprint density at radius 1 is 1.60 bits per heavy atom. The van der Waals surface area contributed by atoms with Gasteiger partial charge in [-0.3, -0.25) is 4.79 Å². The number of halogens is 1. The third-order valence-electron chi connectivity index (χ3n) is 2.26. The van der Waals surface area contributed by atoms with Crippen molar-refractivity contribution in [3.8, 4) is 0 Å². The van der Waals surface area contributed by atoms with Crippen LogP contribution in [0.4, 0.5) is 0 Å². The van der Waals surface area contributed by atoms with E-state index in [1.165, 1.54) is 0 Å². The van der Waals surface area contributed by atoms with Crippen LogP contribution in [0.15, 0.2) is 9.85 Å². The molecule has 0 radical (unpaired) electrons. The largest absolute Gasteiger partial charge is 0.376 e. The zero-order valence-corrected chi connectivity index (χ0v) is 10.7. The molecule has 0 amide bonds. The van der Waals surface area contributed by atoms with Crippen LogP contribution in [0.3, 0.4) is 0 Å². The second-order valence-corrected chi connectivity index (χ2v) is 5.95. The van der Waals surface area contributed by atoms with Crippen molar-refractivity contribution in [1.29, 1.82) is 0 Å². The van der Waals surface area contributed by atoms with Gasteiger partial charge in [0.1, 0.15) is 6.10 Å². The number of rotatable bonds is 2. The summed E-state index contributed by atoms with van der Waals surface area (Å²) >= 11 is 4.93. The molecule has 1 fully saturated rings. The lowest BCUT2D eigenvalue weighted by molar-refractivity contribution is -0.0719. The summed E-state index contributed by atoms with van der Waals surface area (Å²) in [4.78, 5) is 13.0. The fraction of sp³-hybridized carbons (Fsp3) is 0.500. The van der Waals surface area contributed by atoms with Crippen molar-refractivity contribution >= 4 is 33.0 Å². The van der Waals surface area contributed by atoms with Crippen LogP contribution >= 0.6 is 27.3 Å². The van der Waals surface area contributed by atoms with Gasteiger partial charge >= 0.3 is 0 Å². The quantitative estimate of drug-likeness (QED) is 0.785. The number of Topliss-reactive ketones (excluding diaryl/α,β-unsaturated/α-hetero) is 1. The van der Waals surface area contributed by atoms with Crippen molar-refractivity contribution in [3.05, 3.63) is 20.3 Å². The summed E-state index contributed by atoms with van der Waals surface area (Å²) in [5.74, 6) is 0.0224. The number of aryl methyl sites for hydroxylation is 1. The number of carbonyl (C=O) groups excluding carboxylic acids is 1. The van der Waals surface area contributed by atoms with Gasteiger partial charge in [-0.15, -0.1) is 11.3 Å². The molecule has 5 heteroatoms. The molecular weight excluding hydrogens is 280 g/mol. The van der Waals surface area contributed by atoms with E-state index in [0.29, 0.717) is 19.8 Å². The van der Waals surface area contributed by atoms with Crippen LogP contribution in [0.5, 0.6) is 0 Å².